The molecule has 0 amide bonds. The van der Waals surface area contributed by atoms with E-state index >= 15 is 0 Å². The number of methoxy groups -OCH3 is 1. The van der Waals surface area contributed by atoms with Crippen LogP contribution in [0.4, 0.5) is 5.69 Å². The molecule has 6 nitrogen and oxygen atoms in total. The minimum Gasteiger partial charge on any atom is -0.497 e. The summed E-state index contributed by atoms with van der Waals surface area (Å²) in [5, 5.41) is 23.6. The molecule has 174 valence electrons. The molecule has 0 aliphatic heterocycles. The highest BCUT2D eigenvalue weighted by molar-refractivity contribution is 6.74. The van der Waals surface area contributed by atoms with Gasteiger partial charge >= 0.3 is 0 Å². The Morgan fingerprint density at radius 2 is 1.69 bits per heavy atom. The molecule has 2 rings (SSSR count). The SMILES string of the molecule is COc1ccc(N[C@@H]([C@H](CO)OCc2ccccc2)[C@@H](C#N)O[Si](C)(C)C(C)(C)C)cc1. The van der Waals surface area contributed by atoms with Gasteiger partial charge in [-0.05, 0) is 48.0 Å². The summed E-state index contributed by atoms with van der Waals surface area (Å²) in [6.07, 6.45) is -1.45. The fourth-order valence-electron chi connectivity index (χ4n) is 2.96. The fourth-order valence-corrected chi connectivity index (χ4v) is 4.15. The summed E-state index contributed by atoms with van der Waals surface area (Å²) < 4.78 is 17.8. The maximum Gasteiger partial charge on any atom is 0.193 e. The molecule has 2 aromatic rings. The maximum atomic E-state index is 10.2. The first kappa shape index (κ1) is 25.9. The Kier molecular flexibility index (Phi) is 9.29. The van der Waals surface area contributed by atoms with E-state index in [9.17, 15) is 10.4 Å². The number of hydrogen-bond acceptors (Lipinski definition) is 6. The van der Waals surface area contributed by atoms with Crippen LogP contribution in [0.15, 0.2) is 54.6 Å². The van der Waals surface area contributed by atoms with Gasteiger partial charge in [-0.3, -0.25) is 0 Å². The van der Waals surface area contributed by atoms with E-state index in [2.05, 4.69) is 45.3 Å². The summed E-state index contributed by atoms with van der Waals surface area (Å²) in [5.41, 5.74) is 1.78. The molecular formula is C25H36N2O4Si. The van der Waals surface area contributed by atoms with Crippen molar-refractivity contribution in [1.29, 1.82) is 5.26 Å². The van der Waals surface area contributed by atoms with Crippen LogP contribution in [0.25, 0.3) is 0 Å². The van der Waals surface area contributed by atoms with Crippen LogP contribution in [-0.2, 0) is 15.8 Å². The molecule has 0 heterocycles. The molecule has 0 fully saturated rings. The molecule has 2 N–H and O–H groups in total. The smallest absolute Gasteiger partial charge is 0.193 e. The summed E-state index contributed by atoms with van der Waals surface area (Å²) in [6.45, 7) is 10.7. The second kappa shape index (κ2) is 11.5. The summed E-state index contributed by atoms with van der Waals surface area (Å²) in [4.78, 5) is 0. The van der Waals surface area contributed by atoms with Gasteiger partial charge in [0.1, 0.15) is 11.9 Å². The largest absolute Gasteiger partial charge is 0.497 e. The third-order valence-electron chi connectivity index (χ3n) is 5.99. The van der Waals surface area contributed by atoms with Crippen LogP contribution in [0.1, 0.15) is 26.3 Å². The summed E-state index contributed by atoms with van der Waals surface area (Å²) in [6, 6.07) is 18.9. The monoisotopic (exact) mass is 456 g/mol. The molecule has 32 heavy (non-hydrogen) atoms. The number of aliphatic hydroxyl groups is 1. The normalized spacial score (nSPS) is 14.8. The van der Waals surface area contributed by atoms with Gasteiger partial charge in [0.25, 0.3) is 0 Å². The number of ether oxygens (including phenoxy) is 2. The first-order chi connectivity index (χ1) is 15.1. The zero-order valence-electron chi connectivity index (χ0n) is 20.0. The van der Waals surface area contributed by atoms with Crippen LogP contribution in [0.3, 0.4) is 0 Å². The lowest BCUT2D eigenvalue weighted by atomic mass is 10.1. The van der Waals surface area contributed by atoms with Gasteiger partial charge in [-0.1, -0.05) is 51.1 Å². The second-order valence-corrected chi connectivity index (χ2v) is 14.1. The summed E-state index contributed by atoms with van der Waals surface area (Å²) in [7, 11) is -0.635. The minimum absolute atomic E-state index is 0.0631. The molecule has 0 aromatic heterocycles. The highest BCUT2D eigenvalue weighted by atomic mass is 28.4. The van der Waals surface area contributed by atoms with Crippen molar-refractivity contribution in [1.82, 2.24) is 0 Å². The van der Waals surface area contributed by atoms with E-state index in [4.69, 9.17) is 13.9 Å². The van der Waals surface area contributed by atoms with Crippen LogP contribution < -0.4 is 10.1 Å². The summed E-state index contributed by atoms with van der Waals surface area (Å²) >= 11 is 0. The molecule has 0 aliphatic rings. The predicted octanol–water partition coefficient (Wildman–Crippen LogP) is 4.97. The van der Waals surface area contributed by atoms with E-state index in [1.54, 1.807) is 7.11 Å². The Hall–Kier alpha value is -2.37. The van der Waals surface area contributed by atoms with E-state index in [1.807, 2.05) is 54.6 Å². The van der Waals surface area contributed by atoms with Crippen molar-refractivity contribution in [3.63, 3.8) is 0 Å². The van der Waals surface area contributed by atoms with Crippen molar-refractivity contribution < 1.29 is 19.0 Å². The number of nitrogens with one attached hydrogen (secondary N) is 1. The lowest BCUT2D eigenvalue weighted by Crippen LogP contribution is -2.53. The lowest BCUT2D eigenvalue weighted by Gasteiger charge is -2.40. The van der Waals surface area contributed by atoms with E-state index in [0.29, 0.717) is 6.61 Å². The van der Waals surface area contributed by atoms with Crippen molar-refractivity contribution >= 4 is 14.0 Å². The average molecular weight is 457 g/mol. The fraction of sp³-hybridized carbons (Fsp3) is 0.480. The zero-order valence-corrected chi connectivity index (χ0v) is 21.0. The first-order valence-electron chi connectivity index (χ1n) is 10.9. The Morgan fingerprint density at radius 3 is 2.19 bits per heavy atom. The van der Waals surface area contributed by atoms with Gasteiger partial charge in [-0.15, -0.1) is 0 Å². The second-order valence-electron chi connectivity index (χ2n) is 9.34. The van der Waals surface area contributed by atoms with Gasteiger partial charge < -0.3 is 24.3 Å². The van der Waals surface area contributed by atoms with Gasteiger partial charge in [0, 0.05) is 5.69 Å². The summed E-state index contributed by atoms with van der Waals surface area (Å²) in [5.74, 6) is 0.737. The Balaban J connectivity index is 2.31. The Bertz CT molecular complexity index is 860. The molecule has 0 radical (unpaired) electrons. The third-order valence-corrected chi connectivity index (χ3v) is 10.4. The molecule has 3 atom stereocenters. The van der Waals surface area contributed by atoms with Crippen LogP contribution in [0.2, 0.25) is 18.1 Å². The van der Waals surface area contributed by atoms with E-state index in [1.165, 1.54) is 0 Å². The van der Waals surface area contributed by atoms with Crippen LogP contribution in [-0.4, -0.2) is 45.4 Å². The molecule has 0 bridgehead atoms. The standard InChI is InChI=1S/C25H36N2O4Si/c1-25(2,3)32(5,6)31-22(16-26)24(27-20-12-14-21(29-4)15-13-20)23(17-28)30-18-19-10-8-7-9-11-19/h7-15,22-24,27-28H,17-18H2,1-6H3/t22-,23+,24-/m1/s1. The van der Waals surface area contributed by atoms with E-state index in [0.717, 1.165) is 17.0 Å². The maximum absolute atomic E-state index is 10.2. The number of nitrogens with zero attached hydrogens (tertiary/aromatic N) is 1. The van der Waals surface area contributed by atoms with Crippen molar-refractivity contribution in [3.8, 4) is 11.8 Å². The minimum atomic E-state index is -2.25. The van der Waals surface area contributed by atoms with Gasteiger partial charge in [0.15, 0.2) is 14.4 Å². The number of anilines is 1. The number of aliphatic hydroxyl groups excluding tert-OH is 1. The molecule has 0 unspecified atom stereocenters. The molecule has 0 saturated heterocycles. The van der Waals surface area contributed by atoms with Crippen molar-refractivity contribution in [2.24, 2.45) is 0 Å². The average Bonchev–Trinajstić information content (AvgIpc) is 2.77. The van der Waals surface area contributed by atoms with Gasteiger partial charge in [0.2, 0.25) is 0 Å². The molecule has 7 heteroatoms. The number of rotatable bonds is 11. The van der Waals surface area contributed by atoms with Gasteiger partial charge in [-0.25, -0.2) is 0 Å². The van der Waals surface area contributed by atoms with Gasteiger partial charge in [0.05, 0.1) is 32.4 Å². The van der Waals surface area contributed by atoms with Crippen LogP contribution in [0.5, 0.6) is 5.75 Å². The zero-order chi connectivity index (χ0) is 23.8. The van der Waals surface area contributed by atoms with Crippen molar-refractivity contribution in [3.05, 3.63) is 60.2 Å². The number of nitriles is 1. The highest BCUT2D eigenvalue weighted by Crippen LogP contribution is 2.38. The van der Waals surface area contributed by atoms with Crippen molar-refractivity contribution in [2.75, 3.05) is 19.0 Å². The van der Waals surface area contributed by atoms with Crippen molar-refractivity contribution in [2.45, 2.75) is 63.8 Å². The molecule has 0 saturated carbocycles. The number of benzene rings is 2. The Morgan fingerprint density at radius 1 is 1.06 bits per heavy atom. The lowest BCUT2D eigenvalue weighted by molar-refractivity contribution is -0.0247. The molecule has 0 aliphatic carbocycles. The molecule has 2 aromatic carbocycles. The van der Waals surface area contributed by atoms with E-state index < -0.39 is 26.6 Å². The first-order valence-corrected chi connectivity index (χ1v) is 13.8. The van der Waals surface area contributed by atoms with Gasteiger partial charge in [-0.2, -0.15) is 5.26 Å². The predicted molar refractivity (Wildman–Crippen MR) is 130 cm³/mol. The van der Waals surface area contributed by atoms with Crippen LogP contribution in [0, 0.1) is 11.3 Å². The molecular weight excluding hydrogens is 420 g/mol. The quantitative estimate of drug-likeness (QED) is 0.465. The molecule has 0 spiro atoms. The van der Waals surface area contributed by atoms with Crippen LogP contribution >= 0.6 is 0 Å². The Labute approximate surface area is 193 Å². The number of hydrogen-bond donors (Lipinski definition) is 2. The highest BCUT2D eigenvalue weighted by Gasteiger charge is 2.42. The topological polar surface area (TPSA) is 83.7 Å². The third kappa shape index (κ3) is 7.07. The van der Waals surface area contributed by atoms with E-state index in [-0.39, 0.29) is 11.6 Å².